The molecule has 0 fully saturated rings. The molecule has 3 rings (SSSR count). The predicted molar refractivity (Wildman–Crippen MR) is 88.7 cm³/mol. The molecule has 0 aromatic heterocycles. The van der Waals surface area contributed by atoms with Gasteiger partial charge in [0.05, 0.1) is 17.2 Å². The van der Waals surface area contributed by atoms with Crippen molar-refractivity contribution in [3.8, 4) is 17.2 Å². The van der Waals surface area contributed by atoms with Gasteiger partial charge in [0.15, 0.2) is 5.78 Å². The van der Waals surface area contributed by atoms with Crippen LogP contribution >= 0.6 is 0 Å². The largest absolute Gasteiger partial charge is 0.726 e. The number of carbonyl (C=O) groups excluding carboxylic acids is 2. The quantitative estimate of drug-likeness (QED) is 0.433. The molecule has 0 saturated heterocycles. The molecule has 1 aliphatic rings. The lowest BCUT2D eigenvalue weighted by Crippen LogP contribution is -2.22. The zero-order valence-electron chi connectivity index (χ0n) is 13.8. The third-order valence-corrected chi connectivity index (χ3v) is 4.59. The second kappa shape index (κ2) is 6.34. The Balaban J connectivity index is 2.07. The van der Waals surface area contributed by atoms with E-state index in [1.165, 1.54) is 13.0 Å². The van der Waals surface area contributed by atoms with Gasteiger partial charge < -0.3 is 19.9 Å². The van der Waals surface area contributed by atoms with Gasteiger partial charge in [0.2, 0.25) is 16.2 Å². The Kier molecular flexibility index (Phi) is 4.42. The van der Waals surface area contributed by atoms with Crippen molar-refractivity contribution in [2.24, 2.45) is 0 Å². The normalized spacial score (nSPS) is 14.6. The number of phenols is 3. The number of carbonyl (C=O) groups is 2. The van der Waals surface area contributed by atoms with Crippen LogP contribution in [0.25, 0.3) is 0 Å². The predicted octanol–water partition coefficient (Wildman–Crippen LogP) is 0.987. The van der Waals surface area contributed by atoms with Crippen LogP contribution in [0.15, 0.2) is 24.3 Å². The summed E-state index contributed by atoms with van der Waals surface area (Å²) in [4.78, 5) is 25.3. The molecule has 9 nitrogen and oxygen atoms in total. The molecular formula is C17H13O9S-. The molecule has 1 atom stereocenters. The fraction of sp³-hybridized carbons (Fsp3) is 0.176. The Morgan fingerprint density at radius 1 is 0.963 bits per heavy atom. The van der Waals surface area contributed by atoms with Crippen LogP contribution in [0.5, 0.6) is 17.2 Å². The van der Waals surface area contributed by atoms with Gasteiger partial charge in [0.1, 0.15) is 17.2 Å². The Hall–Kier alpha value is -2.95. The number of hydrogen-bond acceptors (Lipinski definition) is 9. The van der Waals surface area contributed by atoms with E-state index in [9.17, 15) is 37.9 Å². The van der Waals surface area contributed by atoms with E-state index in [1.54, 1.807) is 0 Å². The van der Waals surface area contributed by atoms with Gasteiger partial charge in [-0.3, -0.25) is 13.8 Å². The number of aromatic hydroxyl groups is 3. The molecule has 0 unspecified atom stereocenters. The molecule has 2 aromatic carbocycles. The molecule has 0 radical (unpaired) electrons. The number of hydrogen-bond donors (Lipinski definition) is 3. The molecule has 0 spiro atoms. The Bertz CT molecular complexity index is 1090. The van der Waals surface area contributed by atoms with Crippen LogP contribution in [0.1, 0.15) is 44.3 Å². The smallest absolute Gasteiger partial charge is 0.217 e. The van der Waals surface area contributed by atoms with E-state index in [4.69, 9.17) is 0 Å². The highest BCUT2D eigenvalue weighted by Crippen LogP contribution is 2.39. The lowest BCUT2D eigenvalue weighted by molar-refractivity contribution is 0.0973. The van der Waals surface area contributed by atoms with Gasteiger partial charge in [-0.15, -0.1) is 0 Å². The first-order valence-corrected chi connectivity index (χ1v) is 8.96. The summed E-state index contributed by atoms with van der Waals surface area (Å²) in [5.41, 5.74) is -0.807. The van der Waals surface area contributed by atoms with Gasteiger partial charge in [-0.25, -0.2) is 8.42 Å². The van der Waals surface area contributed by atoms with E-state index in [0.717, 1.165) is 18.2 Å². The van der Waals surface area contributed by atoms with Crippen molar-refractivity contribution in [2.75, 3.05) is 0 Å². The number of phenolic OH excluding ortho intramolecular Hbond substituents is 3. The van der Waals surface area contributed by atoms with Crippen molar-refractivity contribution in [3.63, 3.8) is 0 Å². The zero-order valence-corrected chi connectivity index (χ0v) is 14.6. The number of fused-ring (bicyclic) bond motifs is 2. The van der Waals surface area contributed by atoms with E-state index < -0.39 is 45.3 Å². The van der Waals surface area contributed by atoms with Crippen LogP contribution in [0.3, 0.4) is 0 Å². The summed E-state index contributed by atoms with van der Waals surface area (Å²) in [6, 6.07) is 4.33. The molecule has 2 aromatic rings. The first-order chi connectivity index (χ1) is 12.5. The van der Waals surface area contributed by atoms with E-state index in [0.29, 0.717) is 0 Å². The molecule has 0 amide bonds. The van der Waals surface area contributed by atoms with E-state index in [-0.39, 0.29) is 34.2 Å². The fourth-order valence-electron chi connectivity index (χ4n) is 3.09. The van der Waals surface area contributed by atoms with Crippen LogP contribution in [0.4, 0.5) is 0 Å². The van der Waals surface area contributed by atoms with Gasteiger partial charge in [-0.1, -0.05) is 0 Å². The highest BCUT2D eigenvalue weighted by atomic mass is 32.3. The van der Waals surface area contributed by atoms with Crippen molar-refractivity contribution < 1.29 is 42.1 Å². The number of rotatable bonds is 4. The van der Waals surface area contributed by atoms with Crippen molar-refractivity contribution in [2.45, 2.75) is 19.4 Å². The van der Waals surface area contributed by atoms with Gasteiger partial charge in [0, 0.05) is 17.2 Å². The van der Waals surface area contributed by atoms with E-state index in [2.05, 4.69) is 4.18 Å². The molecule has 1 aliphatic carbocycles. The van der Waals surface area contributed by atoms with E-state index >= 15 is 0 Å². The highest BCUT2D eigenvalue weighted by molar-refractivity contribution is 7.80. The monoisotopic (exact) mass is 393 g/mol. The Labute approximate surface area is 153 Å². The second-order valence-electron chi connectivity index (χ2n) is 6.10. The summed E-state index contributed by atoms with van der Waals surface area (Å²) in [5.74, 6) is -3.07. The first-order valence-electron chi connectivity index (χ1n) is 7.63. The summed E-state index contributed by atoms with van der Waals surface area (Å²) in [5, 5.41) is 29.7. The minimum absolute atomic E-state index is 0.137. The topological polar surface area (TPSA) is 161 Å². The minimum Gasteiger partial charge on any atom is -0.726 e. The molecule has 0 saturated carbocycles. The highest BCUT2D eigenvalue weighted by Gasteiger charge is 2.35. The summed E-state index contributed by atoms with van der Waals surface area (Å²) >= 11 is 0. The van der Waals surface area contributed by atoms with Crippen molar-refractivity contribution in [3.05, 3.63) is 52.1 Å². The lowest BCUT2D eigenvalue weighted by Gasteiger charge is -2.21. The van der Waals surface area contributed by atoms with Crippen LogP contribution in [-0.4, -0.2) is 46.0 Å². The Morgan fingerprint density at radius 2 is 1.52 bits per heavy atom. The van der Waals surface area contributed by atoms with Crippen molar-refractivity contribution >= 4 is 22.0 Å². The SMILES string of the molecule is C[C@H](Cc1cc(O)c2c(c1)C(=O)c1cc(O)cc(O)c1C2=O)OS(=O)(=O)[O-]. The van der Waals surface area contributed by atoms with Crippen molar-refractivity contribution in [1.82, 2.24) is 0 Å². The summed E-state index contributed by atoms with van der Waals surface area (Å²) in [6.07, 6.45) is -1.21. The van der Waals surface area contributed by atoms with Gasteiger partial charge >= 0.3 is 0 Å². The maximum Gasteiger partial charge on any atom is 0.217 e. The molecular weight excluding hydrogens is 380 g/mol. The third-order valence-electron chi connectivity index (χ3n) is 4.03. The zero-order chi connectivity index (χ0) is 20.1. The standard InChI is InChI=1S/C17H14O9S/c1-7(26-27(23,24)25)2-8-3-10-14(12(19)4-8)17(22)15-11(16(10)21)5-9(18)6-13(15)20/h3-7,18-20H,2H2,1H3,(H,23,24,25)/p-1/t7-/m1/s1. The second-order valence-corrected chi connectivity index (χ2v) is 7.11. The fourth-order valence-corrected chi connectivity index (χ4v) is 3.56. The van der Waals surface area contributed by atoms with Crippen LogP contribution in [0, 0.1) is 0 Å². The summed E-state index contributed by atoms with van der Waals surface area (Å²) in [6.45, 7) is 1.31. The van der Waals surface area contributed by atoms with Crippen molar-refractivity contribution in [1.29, 1.82) is 0 Å². The maximum absolute atomic E-state index is 12.7. The third kappa shape index (κ3) is 3.50. The minimum atomic E-state index is -4.93. The van der Waals surface area contributed by atoms with Crippen LogP contribution in [0.2, 0.25) is 0 Å². The molecule has 0 aliphatic heterocycles. The summed E-state index contributed by atoms with van der Waals surface area (Å²) < 4.78 is 36.2. The van der Waals surface area contributed by atoms with Gasteiger partial charge in [-0.05, 0) is 37.1 Å². The van der Waals surface area contributed by atoms with Crippen LogP contribution in [-0.2, 0) is 21.0 Å². The summed E-state index contributed by atoms with van der Waals surface area (Å²) in [7, 11) is -4.93. The first kappa shape index (κ1) is 18.8. The molecule has 27 heavy (non-hydrogen) atoms. The molecule has 3 N–H and O–H groups in total. The maximum atomic E-state index is 12.7. The molecule has 0 bridgehead atoms. The van der Waals surface area contributed by atoms with Gasteiger partial charge in [0.25, 0.3) is 0 Å². The molecule has 0 heterocycles. The number of benzene rings is 2. The molecule has 10 heteroatoms. The number of ketones is 2. The average molecular weight is 393 g/mol. The average Bonchev–Trinajstić information content (AvgIpc) is 2.49. The van der Waals surface area contributed by atoms with Crippen LogP contribution < -0.4 is 0 Å². The van der Waals surface area contributed by atoms with E-state index in [1.807, 2.05) is 0 Å². The molecule has 142 valence electrons. The van der Waals surface area contributed by atoms with Gasteiger partial charge in [-0.2, -0.15) is 0 Å². The lowest BCUT2D eigenvalue weighted by atomic mass is 9.81. The Morgan fingerprint density at radius 3 is 2.11 bits per heavy atom.